The summed E-state index contributed by atoms with van der Waals surface area (Å²) < 4.78 is 7.03. The van der Waals surface area contributed by atoms with Crippen molar-refractivity contribution in [2.75, 3.05) is 11.6 Å². The maximum atomic E-state index is 12.0. The molecular formula is C18H15ClN4O2. The van der Waals surface area contributed by atoms with Gasteiger partial charge in [-0.05, 0) is 30.7 Å². The van der Waals surface area contributed by atoms with E-state index in [1.165, 1.54) is 12.3 Å². The minimum absolute atomic E-state index is 0.114. The lowest BCUT2D eigenvalue weighted by molar-refractivity contribution is 0.580. The third-order valence-electron chi connectivity index (χ3n) is 3.75. The third kappa shape index (κ3) is 3.42. The van der Waals surface area contributed by atoms with E-state index in [1.807, 2.05) is 6.07 Å². The van der Waals surface area contributed by atoms with Crippen LogP contribution in [0.3, 0.4) is 0 Å². The highest BCUT2D eigenvalue weighted by Crippen LogP contribution is 2.32. The number of nitrogen functional groups attached to an aromatic ring is 1. The summed E-state index contributed by atoms with van der Waals surface area (Å²) in [6, 6.07) is 10.4. The summed E-state index contributed by atoms with van der Waals surface area (Å²) >= 11 is 5.72. The number of hydrogen-bond donors (Lipinski definition) is 1. The number of aryl methyl sites for hydroxylation is 1. The van der Waals surface area contributed by atoms with Crippen LogP contribution in [-0.2, 0) is 6.54 Å². The van der Waals surface area contributed by atoms with Crippen LogP contribution in [0, 0.1) is 11.3 Å². The van der Waals surface area contributed by atoms with E-state index >= 15 is 0 Å². The second kappa shape index (κ2) is 7.24. The summed E-state index contributed by atoms with van der Waals surface area (Å²) in [6.45, 7) is 0.514. The fourth-order valence-electron chi connectivity index (χ4n) is 2.53. The van der Waals surface area contributed by atoms with Gasteiger partial charge in [-0.2, -0.15) is 5.26 Å². The van der Waals surface area contributed by atoms with Crippen molar-refractivity contribution >= 4 is 17.4 Å². The van der Waals surface area contributed by atoms with Crippen molar-refractivity contribution in [3.63, 3.8) is 0 Å². The first-order chi connectivity index (χ1) is 12.1. The SMILES string of the molecule is N#Cc1cc(-c2ccc(=O)n(CCCCl)c2)c(-c2ccco2)nc1N. The van der Waals surface area contributed by atoms with Crippen LogP contribution >= 0.6 is 11.6 Å². The average Bonchev–Trinajstić information content (AvgIpc) is 3.15. The van der Waals surface area contributed by atoms with E-state index in [-0.39, 0.29) is 16.9 Å². The molecule has 0 saturated carbocycles. The van der Waals surface area contributed by atoms with Crippen LogP contribution in [-0.4, -0.2) is 15.4 Å². The summed E-state index contributed by atoms with van der Waals surface area (Å²) in [5.41, 5.74) is 7.94. The molecule has 0 radical (unpaired) electrons. The summed E-state index contributed by atoms with van der Waals surface area (Å²) in [5, 5.41) is 9.26. The van der Waals surface area contributed by atoms with E-state index < -0.39 is 0 Å². The first-order valence-corrected chi connectivity index (χ1v) is 8.19. The van der Waals surface area contributed by atoms with Gasteiger partial charge in [0.1, 0.15) is 17.6 Å². The van der Waals surface area contributed by atoms with E-state index in [1.54, 1.807) is 35.0 Å². The molecule has 126 valence electrons. The number of halogens is 1. The predicted molar refractivity (Wildman–Crippen MR) is 96.1 cm³/mol. The molecule has 25 heavy (non-hydrogen) atoms. The molecule has 0 aromatic carbocycles. The van der Waals surface area contributed by atoms with Crippen molar-refractivity contribution in [2.45, 2.75) is 13.0 Å². The highest BCUT2D eigenvalue weighted by Gasteiger charge is 2.16. The van der Waals surface area contributed by atoms with Gasteiger partial charge in [-0.25, -0.2) is 4.98 Å². The summed E-state index contributed by atoms with van der Waals surface area (Å²) in [7, 11) is 0. The lowest BCUT2D eigenvalue weighted by Gasteiger charge is -2.12. The van der Waals surface area contributed by atoms with Gasteiger partial charge < -0.3 is 14.7 Å². The topological polar surface area (TPSA) is 97.8 Å². The standard InChI is InChI=1S/C18H15ClN4O2/c19-6-2-7-23-11-12(4-5-16(23)24)14-9-13(10-20)18(21)22-17(14)15-3-1-8-25-15/h1,3-5,8-9,11H,2,6-7H2,(H2,21,22). The van der Waals surface area contributed by atoms with Gasteiger partial charge in [-0.15, -0.1) is 11.6 Å². The highest BCUT2D eigenvalue weighted by atomic mass is 35.5. The molecule has 0 aliphatic heterocycles. The Hall–Kier alpha value is -3.04. The van der Waals surface area contributed by atoms with Crippen LogP contribution < -0.4 is 11.3 Å². The number of pyridine rings is 2. The molecule has 3 heterocycles. The van der Waals surface area contributed by atoms with Crippen molar-refractivity contribution in [1.29, 1.82) is 5.26 Å². The number of furan rings is 1. The summed E-state index contributed by atoms with van der Waals surface area (Å²) in [6.07, 6.45) is 3.95. The molecule has 7 heteroatoms. The fraction of sp³-hybridized carbons (Fsp3) is 0.167. The second-order valence-corrected chi connectivity index (χ2v) is 5.78. The Labute approximate surface area is 149 Å². The minimum Gasteiger partial charge on any atom is -0.463 e. The lowest BCUT2D eigenvalue weighted by Crippen LogP contribution is -2.18. The number of nitrogens with zero attached hydrogens (tertiary/aromatic N) is 3. The summed E-state index contributed by atoms with van der Waals surface area (Å²) in [5.74, 6) is 1.13. The molecule has 3 aromatic rings. The molecule has 0 fully saturated rings. The first-order valence-electron chi connectivity index (χ1n) is 7.65. The summed E-state index contributed by atoms with van der Waals surface area (Å²) in [4.78, 5) is 16.3. The van der Waals surface area contributed by atoms with E-state index in [9.17, 15) is 10.1 Å². The molecule has 0 unspecified atom stereocenters. The highest BCUT2D eigenvalue weighted by molar-refractivity contribution is 6.17. The van der Waals surface area contributed by atoms with E-state index in [2.05, 4.69) is 4.98 Å². The zero-order chi connectivity index (χ0) is 17.8. The molecule has 0 saturated heterocycles. The van der Waals surface area contributed by atoms with Crippen molar-refractivity contribution < 1.29 is 4.42 Å². The normalized spacial score (nSPS) is 10.6. The van der Waals surface area contributed by atoms with Gasteiger partial charge in [-0.1, -0.05) is 0 Å². The fourth-order valence-corrected chi connectivity index (χ4v) is 2.65. The molecule has 2 N–H and O–H groups in total. The van der Waals surface area contributed by atoms with Crippen LogP contribution in [0.25, 0.3) is 22.6 Å². The molecule has 0 atom stereocenters. The van der Waals surface area contributed by atoms with Gasteiger partial charge in [0.15, 0.2) is 5.76 Å². The number of alkyl halides is 1. The monoisotopic (exact) mass is 354 g/mol. The molecule has 0 amide bonds. The zero-order valence-electron chi connectivity index (χ0n) is 13.3. The van der Waals surface area contributed by atoms with Crippen molar-refractivity contribution in [3.05, 3.63) is 58.7 Å². The van der Waals surface area contributed by atoms with Crippen LogP contribution in [0.1, 0.15) is 12.0 Å². The number of rotatable bonds is 5. The van der Waals surface area contributed by atoms with Crippen LogP contribution in [0.4, 0.5) is 5.82 Å². The number of hydrogen-bond acceptors (Lipinski definition) is 5. The van der Waals surface area contributed by atoms with Gasteiger partial charge >= 0.3 is 0 Å². The Morgan fingerprint density at radius 1 is 1.36 bits per heavy atom. The van der Waals surface area contributed by atoms with Crippen LogP contribution in [0.5, 0.6) is 0 Å². The van der Waals surface area contributed by atoms with Gasteiger partial charge in [0.2, 0.25) is 0 Å². The Kier molecular flexibility index (Phi) is 4.87. The van der Waals surface area contributed by atoms with E-state index in [0.717, 1.165) is 5.56 Å². The second-order valence-electron chi connectivity index (χ2n) is 5.40. The molecule has 0 aliphatic rings. The zero-order valence-corrected chi connectivity index (χ0v) is 14.0. The van der Waals surface area contributed by atoms with Crippen LogP contribution in [0.15, 0.2) is 52.0 Å². The van der Waals surface area contributed by atoms with E-state index in [4.69, 9.17) is 21.8 Å². The molecule has 0 spiro atoms. The van der Waals surface area contributed by atoms with Gasteiger partial charge in [0.05, 0.1) is 11.8 Å². The van der Waals surface area contributed by atoms with E-state index in [0.29, 0.717) is 35.9 Å². The van der Waals surface area contributed by atoms with Gasteiger partial charge in [0.25, 0.3) is 5.56 Å². The van der Waals surface area contributed by atoms with Gasteiger partial charge in [0, 0.05) is 35.8 Å². The Morgan fingerprint density at radius 3 is 2.88 bits per heavy atom. The predicted octanol–water partition coefficient (Wildman–Crippen LogP) is 3.25. The third-order valence-corrected chi connectivity index (χ3v) is 4.02. The maximum absolute atomic E-state index is 12.0. The molecule has 3 aromatic heterocycles. The largest absolute Gasteiger partial charge is 0.463 e. The minimum atomic E-state index is -0.114. The maximum Gasteiger partial charge on any atom is 0.250 e. The molecular weight excluding hydrogens is 340 g/mol. The van der Waals surface area contributed by atoms with Crippen molar-refractivity contribution in [1.82, 2.24) is 9.55 Å². The number of aromatic nitrogens is 2. The molecule has 0 aliphatic carbocycles. The Balaban J connectivity index is 2.19. The number of nitriles is 1. The molecule has 3 rings (SSSR count). The molecule has 0 bridgehead atoms. The quantitative estimate of drug-likeness (QED) is 0.709. The van der Waals surface area contributed by atoms with Crippen molar-refractivity contribution in [2.24, 2.45) is 0 Å². The van der Waals surface area contributed by atoms with Crippen LogP contribution in [0.2, 0.25) is 0 Å². The average molecular weight is 355 g/mol. The van der Waals surface area contributed by atoms with Crippen molar-refractivity contribution in [3.8, 4) is 28.7 Å². The lowest BCUT2D eigenvalue weighted by atomic mass is 10.0. The molecule has 6 nitrogen and oxygen atoms in total. The Morgan fingerprint density at radius 2 is 2.20 bits per heavy atom. The number of anilines is 1. The number of nitrogens with two attached hydrogens (primary N) is 1. The smallest absolute Gasteiger partial charge is 0.250 e. The van der Waals surface area contributed by atoms with Gasteiger partial charge in [-0.3, -0.25) is 4.79 Å². The first kappa shape index (κ1) is 16.8. The Bertz CT molecular complexity index is 987.